The minimum Gasteiger partial charge on any atom is -0.486 e. The van der Waals surface area contributed by atoms with Crippen molar-refractivity contribution in [1.29, 1.82) is 0 Å². The Balaban J connectivity index is 1.93. The first-order chi connectivity index (χ1) is 9.20. The molecule has 3 rings (SSSR count). The summed E-state index contributed by atoms with van der Waals surface area (Å²) >= 11 is 3.68. The number of nitrogens with two attached hydrogens (primary N) is 1. The van der Waals surface area contributed by atoms with E-state index in [9.17, 15) is 0 Å². The highest BCUT2D eigenvalue weighted by molar-refractivity contribution is 9.10. The summed E-state index contributed by atoms with van der Waals surface area (Å²) in [5.41, 5.74) is 7.07. The molecule has 1 aromatic carbocycles. The van der Waals surface area contributed by atoms with Crippen molar-refractivity contribution >= 4 is 15.9 Å². The average Bonchev–Trinajstić information content (AvgIpc) is 2.81. The van der Waals surface area contributed by atoms with Crippen molar-refractivity contribution in [2.45, 2.75) is 12.5 Å². The predicted octanol–water partition coefficient (Wildman–Crippen LogP) is 2.17. The van der Waals surface area contributed by atoms with Gasteiger partial charge in [0.25, 0.3) is 0 Å². The molecule has 1 saturated heterocycles. The molecule has 4 nitrogen and oxygen atoms in total. The van der Waals surface area contributed by atoms with E-state index in [4.69, 9.17) is 15.2 Å². The molecule has 1 fully saturated rings. The van der Waals surface area contributed by atoms with Crippen LogP contribution in [0.1, 0.15) is 18.0 Å². The summed E-state index contributed by atoms with van der Waals surface area (Å²) in [5.74, 6) is 2.25. The van der Waals surface area contributed by atoms with E-state index in [-0.39, 0.29) is 0 Å². The molecule has 2 heterocycles. The van der Waals surface area contributed by atoms with Crippen molar-refractivity contribution < 1.29 is 9.47 Å². The van der Waals surface area contributed by atoms with E-state index in [1.54, 1.807) is 0 Å². The molecule has 19 heavy (non-hydrogen) atoms. The average molecular weight is 327 g/mol. The number of fused-ring (bicyclic) bond motifs is 1. The van der Waals surface area contributed by atoms with E-state index in [0.717, 1.165) is 35.5 Å². The van der Waals surface area contributed by atoms with Crippen LogP contribution in [0.3, 0.4) is 0 Å². The quantitative estimate of drug-likeness (QED) is 0.904. The maximum absolute atomic E-state index is 5.80. The second-order valence-electron chi connectivity index (χ2n) is 5.29. The highest BCUT2D eigenvalue weighted by Crippen LogP contribution is 2.45. The monoisotopic (exact) mass is 326 g/mol. The van der Waals surface area contributed by atoms with Gasteiger partial charge in [0, 0.05) is 12.6 Å². The van der Waals surface area contributed by atoms with E-state index in [2.05, 4.69) is 33.9 Å². The lowest BCUT2D eigenvalue weighted by atomic mass is 9.99. The summed E-state index contributed by atoms with van der Waals surface area (Å²) in [7, 11) is 2.16. The Morgan fingerprint density at radius 2 is 2.16 bits per heavy atom. The number of halogens is 1. The third kappa shape index (κ3) is 2.35. The Morgan fingerprint density at radius 1 is 1.37 bits per heavy atom. The van der Waals surface area contributed by atoms with Gasteiger partial charge in [-0.1, -0.05) is 6.07 Å². The van der Waals surface area contributed by atoms with Crippen LogP contribution in [-0.4, -0.2) is 38.3 Å². The highest BCUT2D eigenvalue weighted by atomic mass is 79.9. The number of hydrogen-bond donors (Lipinski definition) is 1. The predicted molar refractivity (Wildman–Crippen MR) is 77.7 cm³/mol. The molecule has 0 amide bonds. The molecule has 0 aliphatic carbocycles. The van der Waals surface area contributed by atoms with E-state index >= 15 is 0 Å². The van der Waals surface area contributed by atoms with E-state index in [0.29, 0.717) is 25.2 Å². The minimum atomic E-state index is 0.402. The van der Waals surface area contributed by atoms with Crippen molar-refractivity contribution in [2.75, 3.05) is 33.4 Å². The highest BCUT2D eigenvalue weighted by Gasteiger charge is 2.32. The summed E-state index contributed by atoms with van der Waals surface area (Å²) in [6.07, 6.45) is 1.10. The second kappa shape index (κ2) is 5.31. The van der Waals surface area contributed by atoms with Gasteiger partial charge in [-0.25, -0.2) is 0 Å². The van der Waals surface area contributed by atoms with Crippen LogP contribution in [0, 0.1) is 5.92 Å². The fourth-order valence-electron chi connectivity index (χ4n) is 2.99. The molecule has 0 saturated carbocycles. The fourth-order valence-corrected chi connectivity index (χ4v) is 3.70. The first-order valence-electron chi connectivity index (χ1n) is 6.69. The second-order valence-corrected chi connectivity index (χ2v) is 6.08. The summed E-state index contributed by atoms with van der Waals surface area (Å²) in [4.78, 5) is 2.37. The molecule has 2 atom stereocenters. The van der Waals surface area contributed by atoms with Gasteiger partial charge in [-0.05, 0) is 53.5 Å². The number of nitrogens with zero attached hydrogens (tertiary/aromatic N) is 1. The van der Waals surface area contributed by atoms with E-state index in [1.807, 2.05) is 6.07 Å². The van der Waals surface area contributed by atoms with Gasteiger partial charge in [0.1, 0.15) is 13.2 Å². The summed E-state index contributed by atoms with van der Waals surface area (Å²) in [6.45, 7) is 3.05. The van der Waals surface area contributed by atoms with Crippen LogP contribution in [-0.2, 0) is 0 Å². The standard InChI is InChI=1S/C14H19BrN2O2/c1-17-8-9(7-16)6-11(17)10-2-3-12-14(13(10)15)19-5-4-18-12/h2-3,9,11H,4-8,16H2,1H3. The molecule has 2 aliphatic heterocycles. The van der Waals surface area contributed by atoms with Crippen molar-refractivity contribution in [1.82, 2.24) is 4.90 Å². The Kier molecular flexibility index (Phi) is 3.69. The van der Waals surface area contributed by atoms with Gasteiger partial charge in [0.15, 0.2) is 11.5 Å². The number of likely N-dealkylation sites (tertiary alicyclic amines) is 1. The van der Waals surface area contributed by atoms with Crippen LogP contribution in [0.15, 0.2) is 16.6 Å². The zero-order chi connectivity index (χ0) is 13.4. The largest absolute Gasteiger partial charge is 0.486 e. The molecule has 1 aromatic rings. The van der Waals surface area contributed by atoms with Gasteiger partial charge in [-0.3, -0.25) is 4.90 Å². The number of hydrogen-bond acceptors (Lipinski definition) is 4. The third-order valence-electron chi connectivity index (χ3n) is 4.01. The molecule has 0 spiro atoms. The van der Waals surface area contributed by atoms with Gasteiger partial charge < -0.3 is 15.2 Å². The lowest BCUT2D eigenvalue weighted by Crippen LogP contribution is -2.21. The van der Waals surface area contributed by atoms with E-state index < -0.39 is 0 Å². The molecule has 2 aliphatic rings. The Hall–Kier alpha value is -0.780. The van der Waals surface area contributed by atoms with Crippen molar-refractivity contribution in [3.8, 4) is 11.5 Å². The van der Waals surface area contributed by atoms with Gasteiger partial charge in [0.05, 0.1) is 4.47 Å². The summed E-state index contributed by atoms with van der Waals surface area (Å²) in [5, 5.41) is 0. The van der Waals surface area contributed by atoms with Crippen molar-refractivity contribution in [3.05, 3.63) is 22.2 Å². The fraction of sp³-hybridized carbons (Fsp3) is 0.571. The van der Waals surface area contributed by atoms with E-state index in [1.165, 1.54) is 5.56 Å². The Morgan fingerprint density at radius 3 is 2.89 bits per heavy atom. The maximum atomic E-state index is 5.80. The minimum absolute atomic E-state index is 0.402. The first kappa shape index (κ1) is 13.2. The number of rotatable bonds is 2. The van der Waals surface area contributed by atoms with Gasteiger partial charge >= 0.3 is 0 Å². The molecule has 2 unspecified atom stereocenters. The zero-order valence-electron chi connectivity index (χ0n) is 11.1. The van der Waals surface area contributed by atoms with Crippen molar-refractivity contribution in [3.63, 3.8) is 0 Å². The summed E-state index contributed by atoms with van der Waals surface area (Å²) in [6, 6.07) is 4.55. The SMILES string of the molecule is CN1CC(CN)CC1c1ccc2c(c1Br)OCCO2. The van der Waals surface area contributed by atoms with Crippen LogP contribution in [0.5, 0.6) is 11.5 Å². The lowest BCUT2D eigenvalue weighted by Gasteiger charge is -2.25. The topological polar surface area (TPSA) is 47.7 Å². The molecule has 0 aromatic heterocycles. The molecule has 5 heteroatoms. The molecular formula is C14H19BrN2O2. The Labute approximate surface area is 122 Å². The smallest absolute Gasteiger partial charge is 0.175 e. The molecule has 0 bridgehead atoms. The number of benzene rings is 1. The van der Waals surface area contributed by atoms with Crippen LogP contribution in [0.2, 0.25) is 0 Å². The molecule has 2 N–H and O–H groups in total. The normalized spacial score (nSPS) is 26.7. The Bertz CT molecular complexity index is 481. The zero-order valence-corrected chi connectivity index (χ0v) is 12.6. The summed E-state index contributed by atoms with van der Waals surface area (Å²) < 4.78 is 12.4. The van der Waals surface area contributed by atoms with Crippen molar-refractivity contribution in [2.24, 2.45) is 11.7 Å². The van der Waals surface area contributed by atoms with Crippen LogP contribution >= 0.6 is 15.9 Å². The lowest BCUT2D eigenvalue weighted by molar-refractivity contribution is 0.169. The van der Waals surface area contributed by atoms with Gasteiger partial charge in [-0.2, -0.15) is 0 Å². The number of ether oxygens (including phenoxy) is 2. The van der Waals surface area contributed by atoms with Gasteiger partial charge in [-0.15, -0.1) is 0 Å². The third-order valence-corrected chi connectivity index (χ3v) is 4.82. The molecule has 0 radical (unpaired) electrons. The van der Waals surface area contributed by atoms with Crippen LogP contribution in [0.25, 0.3) is 0 Å². The van der Waals surface area contributed by atoms with Crippen LogP contribution < -0.4 is 15.2 Å². The molecular weight excluding hydrogens is 308 g/mol. The van der Waals surface area contributed by atoms with Gasteiger partial charge in [0.2, 0.25) is 0 Å². The first-order valence-corrected chi connectivity index (χ1v) is 7.48. The maximum Gasteiger partial charge on any atom is 0.175 e. The molecule has 104 valence electrons. The van der Waals surface area contributed by atoms with Crippen LogP contribution in [0.4, 0.5) is 0 Å².